The molecule has 2 aliphatic rings. The third-order valence-electron chi connectivity index (χ3n) is 5.42. The van der Waals surface area contributed by atoms with Gasteiger partial charge in [0.1, 0.15) is 0 Å². The number of benzene rings is 1. The fourth-order valence-corrected chi connectivity index (χ4v) is 3.90. The zero-order valence-corrected chi connectivity index (χ0v) is 15.7. The van der Waals surface area contributed by atoms with Crippen LogP contribution in [0, 0.1) is 0 Å². The van der Waals surface area contributed by atoms with Crippen LogP contribution < -0.4 is 0 Å². The SMILES string of the molecule is CC(=Cc1ccccc1)CN1CCN(C(C)C(=O)N2CCCC2)CC1. The molecule has 2 heterocycles. The van der Waals surface area contributed by atoms with E-state index in [9.17, 15) is 4.79 Å². The quantitative estimate of drug-likeness (QED) is 0.824. The van der Waals surface area contributed by atoms with E-state index in [1.165, 1.54) is 24.0 Å². The Morgan fingerprint density at radius 2 is 1.68 bits per heavy atom. The van der Waals surface area contributed by atoms with E-state index >= 15 is 0 Å². The predicted molar refractivity (Wildman–Crippen MR) is 103 cm³/mol. The van der Waals surface area contributed by atoms with Gasteiger partial charge in [-0.3, -0.25) is 14.6 Å². The molecule has 1 aromatic rings. The van der Waals surface area contributed by atoms with Crippen LogP contribution in [0.15, 0.2) is 35.9 Å². The summed E-state index contributed by atoms with van der Waals surface area (Å²) in [5.74, 6) is 0.325. The first-order valence-electron chi connectivity index (χ1n) is 9.61. The number of carbonyl (C=O) groups excluding carboxylic acids is 1. The molecular formula is C21H31N3O. The van der Waals surface area contributed by atoms with Crippen molar-refractivity contribution in [2.24, 2.45) is 0 Å². The molecule has 0 aliphatic carbocycles. The highest BCUT2D eigenvalue weighted by Gasteiger charge is 2.29. The summed E-state index contributed by atoms with van der Waals surface area (Å²) >= 11 is 0. The molecule has 1 aromatic carbocycles. The maximum atomic E-state index is 12.6. The molecule has 136 valence electrons. The molecule has 3 rings (SSSR count). The molecule has 4 nitrogen and oxygen atoms in total. The number of hydrogen-bond acceptors (Lipinski definition) is 3. The normalized spacial score (nSPS) is 21.5. The maximum absolute atomic E-state index is 12.6. The summed E-state index contributed by atoms with van der Waals surface area (Å²) < 4.78 is 0. The molecular weight excluding hydrogens is 310 g/mol. The lowest BCUT2D eigenvalue weighted by molar-refractivity contribution is -0.136. The molecule has 0 radical (unpaired) electrons. The van der Waals surface area contributed by atoms with Crippen molar-refractivity contribution in [3.63, 3.8) is 0 Å². The lowest BCUT2D eigenvalue weighted by Gasteiger charge is -2.38. The number of nitrogens with zero attached hydrogens (tertiary/aromatic N) is 3. The van der Waals surface area contributed by atoms with E-state index in [-0.39, 0.29) is 6.04 Å². The van der Waals surface area contributed by atoms with E-state index in [0.717, 1.165) is 45.8 Å². The van der Waals surface area contributed by atoms with Crippen LogP contribution in [0.25, 0.3) is 6.08 Å². The fourth-order valence-electron chi connectivity index (χ4n) is 3.90. The van der Waals surface area contributed by atoms with Crippen molar-refractivity contribution >= 4 is 12.0 Å². The fraction of sp³-hybridized carbons (Fsp3) is 0.571. The molecule has 1 unspecified atom stereocenters. The van der Waals surface area contributed by atoms with Crippen molar-refractivity contribution in [3.8, 4) is 0 Å². The Labute approximate surface area is 152 Å². The second-order valence-electron chi connectivity index (χ2n) is 7.42. The van der Waals surface area contributed by atoms with E-state index < -0.39 is 0 Å². The van der Waals surface area contributed by atoms with Gasteiger partial charge in [-0.2, -0.15) is 0 Å². The van der Waals surface area contributed by atoms with Gasteiger partial charge in [0.2, 0.25) is 5.91 Å². The number of hydrogen-bond donors (Lipinski definition) is 0. The highest BCUT2D eigenvalue weighted by Crippen LogP contribution is 2.15. The highest BCUT2D eigenvalue weighted by molar-refractivity contribution is 5.81. The number of piperazine rings is 1. The van der Waals surface area contributed by atoms with Gasteiger partial charge in [0.25, 0.3) is 0 Å². The molecule has 2 aliphatic heterocycles. The summed E-state index contributed by atoms with van der Waals surface area (Å²) in [4.78, 5) is 19.5. The molecule has 4 heteroatoms. The average molecular weight is 341 g/mol. The van der Waals surface area contributed by atoms with Crippen molar-refractivity contribution in [3.05, 3.63) is 41.5 Å². The van der Waals surface area contributed by atoms with Gasteiger partial charge in [0.15, 0.2) is 0 Å². The number of carbonyl (C=O) groups is 1. The van der Waals surface area contributed by atoms with E-state index in [1.54, 1.807) is 0 Å². The first-order chi connectivity index (χ1) is 12.1. The zero-order valence-electron chi connectivity index (χ0n) is 15.7. The summed E-state index contributed by atoms with van der Waals surface area (Å²) in [7, 11) is 0. The minimum Gasteiger partial charge on any atom is -0.341 e. The monoisotopic (exact) mass is 341 g/mol. The second-order valence-corrected chi connectivity index (χ2v) is 7.42. The molecule has 1 atom stereocenters. The van der Waals surface area contributed by atoms with Crippen LogP contribution in [0.3, 0.4) is 0 Å². The Hall–Kier alpha value is -1.65. The van der Waals surface area contributed by atoms with Crippen LogP contribution in [0.1, 0.15) is 32.3 Å². The molecule has 0 spiro atoms. The first-order valence-corrected chi connectivity index (χ1v) is 9.61. The lowest BCUT2D eigenvalue weighted by atomic mass is 10.1. The zero-order chi connectivity index (χ0) is 17.6. The predicted octanol–water partition coefficient (Wildman–Crippen LogP) is 2.72. The second kappa shape index (κ2) is 8.63. The Balaban J connectivity index is 1.46. The van der Waals surface area contributed by atoms with Gasteiger partial charge in [-0.05, 0) is 32.3 Å². The molecule has 0 saturated carbocycles. The van der Waals surface area contributed by atoms with E-state index in [1.807, 2.05) is 4.90 Å². The first kappa shape index (κ1) is 18.2. The van der Waals surface area contributed by atoms with Crippen LogP contribution in [0.2, 0.25) is 0 Å². The molecule has 0 aromatic heterocycles. The molecule has 0 bridgehead atoms. The van der Waals surface area contributed by atoms with Gasteiger partial charge >= 0.3 is 0 Å². The summed E-state index contributed by atoms with van der Waals surface area (Å²) in [6, 6.07) is 10.5. The average Bonchev–Trinajstić information content (AvgIpc) is 3.16. The van der Waals surface area contributed by atoms with Gasteiger partial charge in [-0.1, -0.05) is 42.0 Å². The molecule has 1 amide bonds. The number of rotatable bonds is 5. The van der Waals surface area contributed by atoms with Crippen LogP contribution in [0.4, 0.5) is 0 Å². The number of amides is 1. The van der Waals surface area contributed by atoms with Crippen LogP contribution >= 0.6 is 0 Å². The maximum Gasteiger partial charge on any atom is 0.239 e. The Morgan fingerprint density at radius 1 is 1.04 bits per heavy atom. The topological polar surface area (TPSA) is 26.8 Å². The van der Waals surface area contributed by atoms with Crippen molar-refractivity contribution in [1.82, 2.24) is 14.7 Å². The van der Waals surface area contributed by atoms with Crippen molar-refractivity contribution in [1.29, 1.82) is 0 Å². The minimum atomic E-state index is 0.0289. The molecule has 2 fully saturated rings. The highest BCUT2D eigenvalue weighted by atomic mass is 16.2. The largest absolute Gasteiger partial charge is 0.341 e. The van der Waals surface area contributed by atoms with Gasteiger partial charge in [0.05, 0.1) is 6.04 Å². The molecule has 25 heavy (non-hydrogen) atoms. The molecule has 0 N–H and O–H groups in total. The number of likely N-dealkylation sites (tertiary alicyclic amines) is 1. The minimum absolute atomic E-state index is 0.0289. The van der Waals surface area contributed by atoms with Crippen LogP contribution in [0.5, 0.6) is 0 Å². The lowest BCUT2D eigenvalue weighted by Crippen LogP contribution is -2.54. The smallest absolute Gasteiger partial charge is 0.239 e. The summed E-state index contributed by atoms with van der Waals surface area (Å²) in [5, 5.41) is 0. The van der Waals surface area contributed by atoms with Crippen molar-refractivity contribution < 1.29 is 4.79 Å². The van der Waals surface area contributed by atoms with Crippen molar-refractivity contribution in [2.45, 2.75) is 32.7 Å². The molecule has 2 saturated heterocycles. The van der Waals surface area contributed by atoms with Crippen LogP contribution in [-0.2, 0) is 4.79 Å². The Morgan fingerprint density at radius 3 is 2.32 bits per heavy atom. The van der Waals surface area contributed by atoms with Gasteiger partial charge in [0, 0.05) is 45.8 Å². The summed E-state index contributed by atoms with van der Waals surface area (Å²) in [5.41, 5.74) is 2.66. The van der Waals surface area contributed by atoms with Crippen molar-refractivity contribution in [2.75, 3.05) is 45.8 Å². The van der Waals surface area contributed by atoms with Gasteiger partial charge < -0.3 is 4.90 Å². The summed E-state index contributed by atoms with van der Waals surface area (Å²) in [6.45, 7) is 11.3. The van der Waals surface area contributed by atoms with Crippen LogP contribution in [-0.4, -0.2) is 72.5 Å². The van der Waals surface area contributed by atoms with Gasteiger partial charge in [-0.25, -0.2) is 0 Å². The van der Waals surface area contributed by atoms with Gasteiger partial charge in [-0.15, -0.1) is 0 Å². The standard InChI is InChI=1S/C21H31N3O/c1-18(16-20-8-4-3-5-9-20)17-22-12-14-23(15-13-22)19(2)21(25)24-10-6-7-11-24/h3-5,8-9,16,19H,6-7,10-15,17H2,1-2H3. The Kier molecular flexibility index (Phi) is 6.27. The van der Waals surface area contributed by atoms with E-state index in [4.69, 9.17) is 0 Å². The van der Waals surface area contributed by atoms with E-state index in [2.05, 4.69) is 60.1 Å². The Bertz CT molecular complexity index is 584. The summed E-state index contributed by atoms with van der Waals surface area (Å²) in [6.07, 6.45) is 4.60. The third-order valence-corrected chi connectivity index (χ3v) is 5.42. The van der Waals surface area contributed by atoms with E-state index in [0.29, 0.717) is 5.91 Å². The third kappa shape index (κ3) is 4.93.